The fourth-order valence-corrected chi connectivity index (χ4v) is 3.32. The van der Waals surface area contributed by atoms with Crippen LogP contribution in [0.1, 0.15) is 22.5 Å². The van der Waals surface area contributed by atoms with Crippen LogP contribution in [0.2, 0.25) is 0 Å². The molecule has 0 fully saturated rings. The number of aromatic hydroxyl groups is 1. The largest absolute Gasteiger partial charge is 0.502 e. The molecule has 1 aliphatic carbocycles. The zero-order valence-corrected chi connectivity index (χ0v) is 15.9. The maximum Gasteiger partial charge on any atom is 0.202 e. The summed E-state index contributed by atoms with van der Waals surface area (Å²) in [5, 5.41) is 10.8. The summed E-state index contributed by atoms with van der Waals surface area (Å²) < 4.78 is 26.9. The predicted octanol–water partition coefficient (Wildman–Crippen LogP) is 3.49. The summed E-state index contributed by atoms with van der Waals surface area (Å²) in [7, 11) is 6.04. The highest BCUT2D eigenvalue weighted by Gasteiger charge is 2.31. The molecule has 27 heavy (non-hydrogen) atoms. The Hall–Kier alpha value is -2.93. The Bertz CT molecular complexity index is 949. The van der Waals surface area contributed by atoms with E-state index in [-0.39, 0.29) is 29.3 Å². The van der Waals surface area contributed by atoms with E-state index in [0.29, 0.717) is 33.8 Å². The molecule has 1 N–H and O–H groups in total. The van der Waals surface area contributed by atoms with Gasteiger partial charge < -0.3 is 28.5 Å². The number of ketones is 1. The lowest BCUT2D eigenvalue weighted by Crippen LogP contribution is -2.23. The van der Waals surface area contributed by atoms with E-state index in [1.165, 1.54) is 28.4 Å². The van der Waals surface area contributed by atoms with Crippen molar-refractivity contribution in [2.45, 2.75) is 19.4 Å². The minimum Gasteiger partial charge on any atom is -0.502 e. The van der Waals surface area contributed by atoms with Crippen LogP contribution in [-0.4, -0.2) is 45.4 Å². The van der Waals surface area contributed by atoms with Gasteiger partial charge in [0.1, 0.15) is 17.6 Å². The van der Waals surface area contributed by atoms with Crippen molar-refractivity contribution in [2.24, 2.45) is 0 Å². The molecule has 1 heterocycles. The van der Waals surface area contributed by atoms with E-state index in [1.807, 2.05) is 0 Å². The van der Waals surface area contributed by atoms with E-state index in [4.69, 9.17) is 23.4 Å². The summed E-state index contributed by atoms with van der Waals surface area (Å²) in [5.74, 6) is 1.40. The summed E-state index contributed by atoms with van der Waals surface area (Å²) in [6.07, 6.45) is 1.46. The van der Waals surface area contributed by atoms with Crippen LogP contribution in [0.3, 0.4) is 0 Å². The van der Waals surface area contributed by atoms with Crippen LogP contribution in [0.15, 0.2) is 39.7 Å². The number of benzene rings is 1. The van der Waals surface area contributed by atoms with Gasteiger partial charge in [0.25, 0.3) is 0 Å². The first-order valence-corrected chi connectivity index (χ1v) is 8.35. The molecule has 1 atom stereocenters. The van der Waals surface area contributed by atoms with Gasteiger partial charge in [-0.3, -0.25) is 4.79 Å². The number of fused-ring (bicyclic) bond motifs is 1. The molecule has 7 heteroatoms. The number of furan rings is 1. The molecule has 1 unspecified atom stereocenters. The van der Waals surface area contributed by atoms with Crippen LogP contribution in [0, 0.1) is 6.92 Å². The molecule has 7 nitrogen and oxygen atoms in total. The quantitative estimate of drug-likeness (QED) is 0.775. The van der Waals surface area contributed by atoms with E-state index in [1.54, 1.807) is 25.1 Å². The van der Waals surface area contributed by atoms with Gasteiger partial charge in [0, 0.05) is 24.5 Å². The van der Waals surface area contributed by atoms with Crippen molar-refractivity contribution in [3.8, 4) is 11.5 Å². The molecule has 0 amide bonds. The number of phenols is 1. The fourth-order valence-electron chi connectivity index (χ4n) is 3.32. The number of rotatable bonds is 6. The number of hydrogen-bond donors (Lipinski definition) is 1. The highest BCUT2D eigenvalue weighted by molar-refractivity contribution is 6.17. The number of ether oxygens (including phenoxy) is 4. The third-order valence-electron chi connectivity index (χ3n) is 4.67. The van der Waals surface area contributed by atoms with Gasteiger partial charge in [-0.1, -0.05) is 0 Å². The molecule has 2 aromatic rings. The van der Waals surface area contributed by atoms with Crippen molar-refractivity contribution < 1.29 is 33.3 Å². The van der Waals surface area contributed by atoms with Crippen LogP contribution < -0.4 is 4.74 Å². The van der Waals surface area contributed by atoms with Crippen molar-refractivity contribution in [3.05, 3.63) is 46.6 Å². The van der Waals surface area contributed by atoms with Crippen LogP contribution in [0.25, 0.3) is 11.0 Å². The van der Waals surface area contributed by atoms with E-state index in [9.17, 15) is 9.90 Å². The van der Waals surface area contributed by atoms with Gasteiger partial charge >= 0.3 is 0 Å². The molecule has 0 bridgehead atoms. The first-order valence-electron chi connectivity index (χ1n) is 8.35. The molecule has 3 rings (SSSR count). The fraction of sp³-hybridized carbons (Fsp3) is 0.350. The number of aryl methyl sites for hydroxylation is 1. The average molecular weight is 374 g/mol. The van der Waals surface area contributed by atoms with Gasteiger partial charge in [0.15, 0.2) is 22.9 Å². The lowest BCUT2D eigenvalue weighted by atomic mass is 9.92. The number of carbonyl (C=O) groups is 1. The molecule has 0 saturated heterocycles. The van der Waals surface area contributed by atoms with Gasteiger partial charge in [-0.2, -0.15) is 0 Å². The van der Waals surface area contributed by atoms with Crippen LogP contribution in [-0.2, 0) is 14.2 Å². The molecule has 1 aromatic heterocycles. The number of allylic oxidation sites excluding steroid dienone is 1. The van der Waals surface area contributed by atoms with Gasteiger partial charge in [-0.15, -0.1) is 0 Å². The van der Waals surface area contributed by atoms with Gasteiger partial charge in [-0.25, -0.2) is 0 Å². The van der Waals surface area contributed by atoms with E-state index < -0.39 is 6.10 Å². The lowest BCUT2D eigenvalue weighted by molar-refractivity contribution is 0.0860. The summed E-state index contributed by atoms with van der Waals surface area (Å²) >= 11 is 0. The highest BCUT2D eigenvalue weighted by atomic mass is 16.5. The maximum absolute atomic E-state index is 13.3. The average Bonchev–Trinajstić information content (AvgIpc) is 3.03. The van der Waals surface area contributed by atoms with Gasteiger partial charge in [0.05, 0.1) is 26.9 Å². The Kier molecular flexibility index (Phi) is 5.14. The molecule has 1 aromatic carbocycles. The van der Waals surface area contributed by atoms with Crippen molar-refractivity contribution in [2.75, 3.05) is 28.4 Å². The second-order valence-electron chi connectivity index (χ2n) is 6.08. The molecule has 1 aliphatic rings. The molecule has 0 spiro atoms. The highest BCUT2D eigenvalue weighted by Crippen LogP contribution is 2.40. The Labute approximate surface area is 156 Å². The molecule has 0 radical (unpaired) electrons. The second kappa shape index (κ2) is 7.36. The Balaban J connectivity index is 2.08. The summed E-state index contributed by atoms with van der Waals surface area (Å²) in [5.41, 5.74) is 1.11. The third-order valence-corrected chi connectivity index (χ3v) is 4.67. The van der Waals surface area contributed by atoms with Crippen molar-refractivity contribution in [1.29, 1.82) is 0 Å². The molecular weight excluding hydrogens is 352 g/mol. The van der Waals surface area contributed by atoms with Gasteiger partial charge in [-0.05, 0) is 25.1 Å². The minimum absolute atomic E-state index is 0.135. The third kappa shape index (κ3) is 3.04. The number of phenolic OH excluding ortho intramolecular Hbond substituents is 1. The topological polar surface area (TPSA) is 87.4 Å². The first kappa shape index (κ1) is 18.8. The lowest BCUT2D eigenvalue weighted by Gasteiger charge is -2.24. The summed E-state index contributed by atoms with van der Waals surface area (Å²) in [6, 6.07) is 3.29. The van der Waals surface area contributed by atoms with Crippen molar-refractivity contribution >= 4 is 16.8 Å². The van der Waals surface area contributed by atoms with Crippen molar-refractivity contribution in [3.63, 3.8) is 0 Å². The van der Waals surface area contributed by atoms with Crippen LogP contribution in [0.5, 0.6) is 11.5 Å². The maximum atomic E-state index is 13.3. The number of carbonyl (C=O) groups excluding carboxylic acids is 1. The Morgan fingerprint density at radius 3 is 2.48 bits per heavy atom. The first-order chi connectivity index (χ1) is 13.0. The standard InChI is InChI=1S/C20H22O7/c1-10-16(12-6-7-13(23-2)18(22)19(12)27-10)17(21)11-8-14(24-3)20(26-5)15(9-11)25-4/h6-8,14,22H,9H2,1-5H3. The smallest absolute Gasteiger partial charge is 0.202 e. The molecule has 0 aliphatic heterocycles. The van der Waals surface area contributed by atoms with Gasteiger partial charge in [0.2, 0.25) is 5.75 Å². The van der Waals surface area contributed by atoms with Crippen LogP contribution >= 0.6 is 0 Å². The van der Waals surface area contributed by atoms with Crippen LogP contribution in [0.4, 0.5) is 0 Å². The van der Waals surface area contributed by atoms with E-state index in [0.717, 1.165) is 0 Å². The normalized spacial score (nSPS) is 17.1. The minimum atomic E-state index is -0.524. The molecular formula is C20H22O7. The van der Waals surface area contributed by atoms with Crippen molar-refractivity contribution in [1.82, 2.24) is 0 Å². The summed E-state index contributed by atoms with van der Waals surface area (Å²) in [6.45, 7) is 1.68. The Morgan fingerprint density at radius 2 is 1.89 bits per heavy atom. The SMILES string of the molecule is COC1=C(OC)C(OC)C=C(C(=O)c2c(C)oc3c(O)c(OC)ccc23)C1. The zero-order valence-electron chi connectivity index (χ0n) is 15.9. The number of methoxy groups -OCH3 is 4. The number of hydrogen-bond acceptors (Lipinski definition) is 7. The monoisotopic (exact) mass is 374 g/mol. The predicted molar refractivity (Wildman–Crippen MR) is 98.0 cm³/mol. The molecule has 0 saturated carbocycles. The van der Waals surface area contributed by atoms with E-state index >= 15 is 0 Å². The number of Topliss-reactive ketones (excluding diaryl/α,β-unsaturated/α-hetero) is 1. The second-order valence-corrected chi connectivity index (χ2v) is 6.08. The molecule has 144 valence electrons. The zero-order chi connectivity index (χ0) is 19.7. The summed E-state index contributed by atoms with van der Waals surface area (Å²) in [4.78, 5) is 13.3. The van der Waals surface area contributed by atoms with E-state index in [2.05, 4.69) is 0 Å². The Morgan fingerprint density at radius 1 is 1.15 bits per heavy atom.